The predicted molar refractivity (Wildman–Crippen MR) is 37.3 cm³/mol. The number of halogens is 3. The summed E-state index contributed by atoms with van der Waals surface area (Å²) in [6, 6.07) is 4.68. The normalized spacial score (nSPS) is 11.5. The summed E-state index contributed by atoms with van der Waals surface area (Å²) in [7, 11) is 0. The molecule has 0 bridgehead atoms. The van der Waals surface area contributed by atoms with Gasteiger partial charge < -0.3 is 0 Å². The molecule has 0 unspecified atom stereocenters. The third-order valence-electron chi connectivity index (χ3n) is 1.16. The van der Waals surface area contributed by atoms with E-state index in [0.717, 1.165) is 12.1 Å². The third-order valence-corrected chi connectivity index (χ3v) is 1.42. The first kappa shape index (κ1) is 8.33. The number of hydrogen-bond donors (Lipinski definition) is 0. The molecule has 0 atom stereocenters. The molecule has 1 radical (unpaired) electrons. The lowest BCUT2D eigenvalue weighted by Crippen LogP contribution is -2.03. The molecule has 59 valence electrons. The van der Waals surface area contributed by atoms with Crippen LogP contribution >= 0.6 is 12.6 Å². The molecule has 0 saturated carbocycles. The highest BCUT2D eigenvalue weighted by atomic mass is 32.1. The van der Waals surface area contributed by atoms with Crippen molar-refractivity contribution in [3.05, 3.63) is 29.8 Å². The van der Waals surface area contributed by atoms with Gasteiger partial charge in [0, 0.05) is 4.90 Å². The van der Waals surface area contributed by atoms with Gasteiger partial charge >= 0.3 is 6.18 Å². The van der Waals surface area contributed by atoms with E-state index < -0.39 is 11.7 Å². The van der Waals surface area contributed by atoms with Crippen molar-refractivity contribution in [3.63, 3.8) is 0 Å². The average molecular weight is 177 g/mol. The second-order valence-electron chi connectivity index (χ2n) is 2.03. The van der Waals surface area contributed by atoms with Crippen LogP contribution < -0.4 is 0 Å². The molecule has 0 heterocycles. The van der Waals surface area contributed by atoms with Crippen LogP contribution in [0.4, 0.5) is 13.2 Å². The van der Waals surface area contributed by atoms with Crippen LogP contribution in [0.3, 0.4) is 0 Å². The minimum Gasteiger partial charge on any atom is -0.166 e. The van der Waals surface area contributed by atoms with E-state index in [1.54, 1.807) is 0 Å². The molecule has 1 aromatic rings. The Labute approximate surface area is 67.4 Å². The van der Waals surface area contributed by atoms with Gasteiger partial charge in [-0.15, -0.1) is 0 Å². The van der Waals surface area contributed by atoms with Crippen molar-refractivity contribution in [3.8, 4) is 0 Å². The van der Waals surface area contributed by atoms with Crippen molar-refractivity contribution in [2.24, 2.45) is 0 Å². The fraction of sp³-hybridized carbons (Fsp3) is 0.143. The van der Waals surface area contributed by atoms with E-state index in [1.807, 2.05) is 0 Å². The van der Waals surface area contributed by atoms with Crippen LogP contribution in [0, 0.1) is 0 Å². The highest BCUT2D eigenvalue weighted by Gasteiger charge is 2.30. The highest BCUT2D eigenvalue weighted by molar-refractivity contribution is 7.80. The molecule has 11 heavy (non-hydrogen) atoms. The van der Waals surface area contributed by atoms with Crippen LogP contribution in [-0.2, 0) is 6.18 Å². The van der Waals surface area contributed by atoms with E-state index >= 15 is 0 Å². The fourth-order valence-electron chi connectivity index (χ4n) is 0.672. The van der Waals surface area contributed by atoms with E-state index in [-0.39, 0.29) is 4.90 Å². The minimum absolute atomic E-state index is 0.208. The zero-order chi connectivity index (χ0) is 8.48. The largest absolute Gasteiger partial charge is 0.416 e. The Morgan fingerprint density at radius 1 is 1.18 bits per heavy atom. The second kappa shape index (κ2) is 2.70. The molecule has 0 aliphatic heterocycles. The van der Waals surface area contributed by atoms with Crippen molar-refractivity contribution in [1.82, 2.24) is 0 Å². The summed E-state index contributed by atoms with van der Waals surface area (Å²) in [5.74, 6) is 0. The quantitative estimate of drug-likeness (QED) is 0.570. The lowest BCUT2D eigenvalue weighted by molar-refractivity contribution is -0.137. The molecule has 0 saturated heterocycles. The molecule has 0 nitrogen and oxygen atoms in total. The number of alkyl halides is 3. The van der Waals surface area contributed by atoms with Gasteiger partial charge in [0.2, 0.25) is 0 Å². The van der Waals surface area contributed by atoms with Crippen molar-refractivity contribution < 1.29 is 13.2 Å². The Morgan fingerprint density at radius 2 is 1.82 bits per heavy atom. The zero-order valence-corrected chi connectivity index (χ0v) is 6.17. The Bertz CT molecular complexity index is 254. The summed E-state index contributed by atoms with van der Waals surface area (Å²) >= 11 is 4.57. The number of benzene rings is 1. The maximum absolute atomic E-state index is 11.9. The maximum Gasteiger partial charge on any atom is 0.416 e. The molecule has 0 N–H and O–H groups in total. The number of rotatable bonds is 0. The van der Waals surface area contributed by atoms with Crippen molar-refractivity contribution in [1.29, 1.82) is 0 Å². The van der Waals surface area contributed by atoms with Crippen molar-refractivity contribution in [2.75, 3.05) is 0 Å². The van der Waals surface area contributed by atoms with Gasteiger partial charge in [0.1, 0.15) is 0 Å². The molecule has 0 aliphatic carbocycles. The first-order valence-corrected chi connectivity index (χ1v) is 3.25. The van der Waals surface area contributed by atoms with E-state index in [0.29, 0.717) is 0 Å². The van der Waals surface area contributed by atoms with Crippen LogP contribution in [0.25, 0.3) is 0 Å². The van der Waals surface area contributed by atoms with E-state index in [2.05, 4.69) is 12.6 Å². The Kier molecular flexibility index (Phi) is 2.04. The smallest absolute Gasteiger partial charge is 0.166 e. The Morgan fingerprint density at radius 3 is 2.18 bits per heavy atom. The van der Waals surface area contributed by atoms with Crippen LogP contribution in [0.2, 0.25) is 0 Å². The minimum atomic E-state index is -4.28. The highest BCUT2D eigenvalue weighted by Crippen LogP contribution is 2.29. The molecule has 0 spiro atoms. The molecule has 0 fully saturated rings. The van der Waals surface area contributed by atoms with Gasteiger partial charge in [0.05, 0.1) is 5.56 Å². The third kappa shape index (κ3) is 2.08. The van der Waals surface area contributed by atoms with Crippen LogP contribution in [0.1, 0.15) is 5.56 Å². The van der Waals surface area contributed by atoms with Gasteiger partial charge in [-0.3, -0.25) is 0 Å². The van der Waals surface area contributed by atoms with Gasteiger partial charge in [-0.2, -0.15) is 13.2 Å². The first-order chi connectivity index (χ1) is 5.00. The number of hydrogen-bond acceptors (Lipinski definition) is 0. The zero-order valence-electron chi connectivity index (χ0n) is 5.35. The Hall–Kier alpha value is -0.770. The lowest BCUT2D eigenvalue weighted by Gasteiger charge is -2.05. The van der Waals surface area contributed by atoms with Gasteiger partial charge in [0.15, 0.2) is 0 Å². The summed E-state index contributed by atoms with van der Waals surface area (Å²) in [4.78, 5) is 0.208. The molecule has 4 heteroatoms. The monoisotopic (exact) mass is 177 g/mol. The second-order valence-corrected chi connectivity index (χ2v) is 2.50. The van der Waals surface area contributed by atoms with Crippen LogP contribution in [0.15, 0.2) is 29.2 Å². The first-order valence-electron chi connectivity index (χ1n) is 2.84. The maximum atomic E-state index is 11.9. The van der Waals surface area contributed by atoms with E-state index in [4.69, 9.17) is 0 Å². The average Bonchev–Trinajstić information content (AvgIpc) is 1.86. The predicted octanol–water partition coefficient (Wildman–Crippen LogP) is 3.26. The lowest BCUT2D eigenvalue weighted by atomic mass is 10.2. The molecular weight excluding hydrogens is 173 g/mol. The molecule has 0 aromatic heterocycles. The summed E-state index contributed by atoms with van der Waals surface area (Å²) < 4.78 is 35.8. The van der Waals surface area contributed by atoms with Crippen LogP contribution in [-0.4, -0.2) is 0 Å². The van der Waals surface area contributed by atoms with Gasteiger partial charge in [-0.1, -0.05) is 18.7 Å². The molecule has 0 amide bonds. The van der Waals surface area contributed by atoms with Crippen molar-refractivity contribution in [2.45, 2.75) is 11.1 Å². The van der Waals surface area contributed by atoms with Gasteiger partial charge in [-0.25, -0.2) is 0 Å². The SMILES string of the molecule is FC(F)(F)c1cccc([S])c1. The van der Waals surface area contributed by atoms with Gasteiger partial charge in [0.25, 0.3) is 0 Å². The topological polar surface area (TPSA) is 0 Å². The molecule has 1 rings (SSSR count). The molecular formula is C7H4F3S. The Balaban J connectivity index is 3.06. The van der Waals surface area contributed by atoms with Crippen molar-refractivity contribution >= 4 is 12.6 Å². The van der Waals surface area contributed by atoms with E-state index in [9.17, 15) is 13.2 Å². The standard InChI is InChI=1S/C7H4F3S/c8-7(9,10)5-2-1-3-6(11)4-5/h1-4H. The summed E-state index contributed by atoms with van der Waals surface area (Å²) in [5.41, 5.74) is -0.690. The van der Waals surface area contributed by atoms with Crippen LogP contribution in [0.5, 0.6) is 0 Å². The molecule has 1 aromatic carbocycles. The molecule has 0 aliphatic rings. The fourth-order valence-corrected chi connectivity index (χ4v) is 0.878. The van der Waals surface area contributed by atoms with E-state index in [1.165, 1.54) is 12.1 Å². The summed E-state index contributed by atoms with van der Waals surface area (Å²) in [6.45, 7) is 0. The van der Waals surface area contributed by atoms with Gasteiger partial charge in [-0.05, 0) is 18.2 Å². The summed E-state index contributed by atoms with van der Waals surface area (Å²) in [6.07, 6.45) is -4.28. The summed E-state index contributed by atoms with van der Waals surface area (Å²) in [5, 5.41) is 0.